The van der Waals surface area contributed by atoms with E-state index < -0.39 is 0 Å². The molecule has 4 nitrogen and oxygen atoms in total. The van der Waals surface area contributed by atoms with Gasteiger partial charge >= 0.3 is 5.97 Å². The minimum absolute atomic E-state index is 0.0759. The first kappa shape index (κ1) is 13.2. The number of hydrogen-bond donors (Lipinski definition) is 0. The summed E-state index contributed by atoms with van der Waals surface area (Å²) in [5.41, 5.74) is 1.07. The number of carbonyl (C=O) groups is 2. The average Bonchev–Trinajstić information content (AvgIpc) is 3.08. The van der Waals surface area contributed by atoms with Gasteiger partial charge in [0.05, 0.1) is 17.2 Å². The lowest BCUT2D eigenvalue weighted by Gasteiger charge is -2.02. The Morgan fingerprint density at radius 2 is 2.20 bits per heavy atom. The maximum Gasteiger partial charge on any atom is 0.310 e. The number of esters is 1. The van der Waals surface area contributed by atoms with E-state index in [9.17, 15) is 9.59 Å². The van der Waals surface area contributed by atoms with Gasteiger partial charge in [-0.2, -0.15) is 0 Å². The standard InChI is InChI=1S/C15H12ClO4/c1-2-19-15(18)11-7-10(11)13(17)9-5-8-3-4-20-14(8)12(16)6-9/h2-6,10-11H,7H2,1H3/t10-,11-/m0/s1. The Kier molecular flexibility index (Phi) is 3.26. The lowest BCUT2D eigenvalue weighted by Crippen LogP contribution is -2.10. The molecule has 1 aromatic heterocycles. The van der Waals surface area contributed by atoms with Crippen molar-refractivity contribution in [3.63, 3.8) is 0 Å². The predicted molar refractivity (Wildman–Crippen MR) is 73.2 cm³/mol. The molecule has 1 aliphatic carbocycles. The molecule has 20 heavy (non-hydrogen) atoms. The number of furan rings is 1. The summed E-state index contributed by atoms with van der Waals surface area (Å²) in [5.74, 6) is -1.06. The number of halogens is 1. The van der Waals surface area contributed by atoms with Gasteiger partial charge in [-0.25, -0.2) is 0 Å². The van der Waals surface area contributed by atoms with Crippen LogP contribution in [-0.4, -0.2) is 11.8 Å². The molecule has 5 heteroatoms. The van der Waals surface area contributed by atoms with Crippen LogP contribution in [-0.2, 0) is 9.53 Å². The second-order valence-corrected chi connectivity index (χ2v) is 5.19. The average molecular weight is 292 g/mol. The summed E-state index contributed by atoms with van der Waals surface area (Å²) in [6, 6.07) is 5.07. The smallest absolute Gasteiger partial charge is 0.310 e. The number of rotatable bonds is 4. The Hall–Kier alpha value is -1.81. The summed E-state index contributed by atoms with van der Waals surface area (Å²) in [7, 11) is 0. The molecule has 1 aromatic carbocycles. The van der Waals surface area contributed by atoms with Gasteiger partial charge in [-0.15, -0.1) is 0 Å². The minimum Gasteiger partial charge on any atom is -0.463 e. The summed E-state index contributed by atoms with van der Waals surface area (Å²) in [6.07, 6.45) is 2.06. The summed E-state index contributed by atoms with van der Waals surface area (Å²) < 4.78 is 10.0. The van der Waals surface area contributed by atoms with Crippen LogP contribution < -0.4 is 0 Å². The Bertz CT molecular complexity index is 688. The SMILES string of the molecule is C[CH]OC(=O)[C@H]1C[C@@H]1C(=O)c1cc(Cl)c2occc2c1. The van der Waals surface area contributed by atoms with E-state index in [1.165, 1.54) is 12.9 Å². The molecule has 1 fully saturated rings. The van der Waals surface area contributed by atoms with Gasteiger partial charge in [0.2, 0.25) is 0 Å². The van der Waals surface area contributed by atoms with Gasteiger partial charge in [0.1, 0.15) is 6.61 Å². The van der Waals surface area contributed by atoms with Gasteiger partial charge in [0.25, 0.3) is 0 Å². The summed E-state index contributed by atoms with van der Waals surface area (Å²) >= 11 is 6.08. The molecule has 0 amide bonds. The first-order valence-corrected chi connectivity index (χ1v) is 6.69. The molecular weight excluding hydrogens is 280 g/mol. The van der Waals surface area contributed by atoms with Crippen molar-refractivity contribution in [2.45, 2.75) is 13.3 Å². The number of carbonyl (C=O) groups excluding carboxylic acids is 2. The van der Waals surface area contributed by atoms with Crippen LogP contribution in [0.5, 0.6) is 0 Å². The van der Waals surface area contributed by atoms with E-state index in [0.717, 1.165) is 5.39 Å². The van der Waals surface area contributed by atoms with Crippen LogP contribution in [0.25, 0.3) is 11.0 Å². The molecule has 1 saturated carbocycles. The Balaban J connectivity index is 1.82. The first-order chi connectivity index (χ1) is 9.61. The Morgan fingerprint density at radius 1 is 1.40 bits per heavy atom. The number of ether oxygens (including phenoxy) is 1. The Labute approximate surface area is 120 Å². The molecule has 2 atom stereocenters. The molecule has 103 valence electrons. The van der Waals surface area contributed by atoms with Crippen LogP contribution in [0.2, 0.25) is 5.02 Å². The zero-order valence-electron chi connectivity index (χ0n) is 10.8. The molecule has 0 unspecified atom stereocenters. The molecule has 1 aliphatic rings. The summed E-state index contributed by atoms with van der Waals surface area (Å²) in [6.45, 7) is 2.96. The van der Waals surface area contributed by atoms with E-state index in [4.69, 9.17) is 20.8 Å². The maximum atomic E-state index is 12.3. The molecule has 0 bridgehead atoms. The van der Waals surface area contributed by atoms with Crippen LogP contribution in [0.1, 0.15) is 23.7 Å². The van der Waals surface area contributed by atoms with E-state index in [0.29, 0.717) is 22.6 Å². The van der Waals surface area contributed by atoms with Crippen LogP contribution in [0, 0.1) is 18.4 Å². The van der Waals surface area contributed by atoms with Crippen molar-refractivity contribution >= 4 is 34.3 Å². The highest BCUT2D eigenvalue weighted by Crippen LogP contribution is 2.42. The lowest BCUT2D eigenvalue weighted by atomic mass is 10.0. The third-order valence-electron chi connectivity index (χ3n) is 3.45. The predicted octanol–water partition coefficient (Wildman–Crippen LogP) is 3.63. The normalized spacial score (nSPS) is 20.9. The van der Waals surface area contributed by atoms with Gasteiger partial charge in [-0.3, -0.25) is 9.59 Å². The fourth-order valence-electron chi connectivity index (χ4n) is 2.34. The molecule has 0 spiro atoms. The van der Waals surface area contributed by atoms with Crippen molar-refractivity contribution in [2.75, 3.05) is 0 Å². The highest BCUT2D eigenvalue weighted by atomic mass is 35.5. The van der Waals surface area contributed by atoms with E-state index in [1.807, 2.05) is 0 Å². The highest BCUT2D eigenvalue weighted by Gasteiger charge is 2.49. The number of ketones is 1. The van der Waals surface area contributed by atoms with Crippen LogP contribution >= 0.6 is 11.6 Å². The van der Waals surface area contributed by atoms with Gasteiger partial charge in [-0.05, 0) is 31.5 Å². The van der Waals surface area contributed by atoms with E-state index in [-0.39, 0.29) is 23.6 Å². The molecule has 1 heterocycles. The van der Waals surface area contributed by atoms with Crippen molar-refractivity contribution in [1.29, 1.82) is 0 Å². The minimum atomic E-state index is -0.346. The van der Waals surface area contributed by atoms with E-state index >= 15 is 0 Å². The van der Waals surface area contributed by atoms with Gasteiger partial charge < -0.3 is 9.15 Å². The van der Waals surface area contributed by atoms with Crippen molar-refractivity contribution in [2.24, 2.45) is 11.8 Å². The molecule has 3 rings (SSSR count). The van der Waals surface area contributed by atoms with Gasteiger partial charge in [-0.1, -0.05) is 11.6 Å². The first-order valence-electron chi connectivity index (χ1n) is 6.31. The van der Waals surface area contributed by atoms with Crippen LogP contribution in [0.4, 0.5) is 0 Å². The molecule has 2 aromatic rings. The van der Waals surface area contributed by atoms with Gasteiger partial charge in [0.15, 0.2) is 11.4 Å². The van der Waals surface area contributed by atoms with Gasteiger partial charge in [0, 0.05) is 16.9 Å². The Morgan fingerprint density at radius 3 is 2.95 bits per heavy atom. The largest absolute Gasteiger partial charge is 0.463 e. The third-order valence-corrected chi connectivity index (χ3v) is 3.74. The second-order valence-electron chi connectivity index (χ2n) is 4.78. The molecule has 0 saturated heterocycles. The zero-order valence-corrected chi connectivity index (χ0v) is 11.5. The fourth-order valence-corrected chi connectivity index (χ4v) is 2.61. The van der Waals surface area contributed by atoms with Crippen molar-refractivity contribution in [3.8, 4) is 0 Å². The van der Waals surface area contributed by atoms with Crippen molar-refractivity contribution in [1.82, 2.24) is 0 Å². The number of fused-ring (bicyclic) bond motifs is 1. The summed E-state index contributed by atoms with van der Waals surface area (Å²) in [4.78, 5) is 23.9. The quantitative estimate of drug-likeness (QED) is 0.637. The second kappa shape index (κ2) is 4.94. The topological polar surface area (TPSA) is 56.5 Å². The third kappa shape index (κ3) is 2.20. The molecular formula is C15H12ClO4. The molecule has 1 radical (unpaired) electrons. The number of benzene rings is 1. The zero-order chi connectivity index (χ0) is 14.3. The van der Waals surface area contributed by atoms with Crippen molar-refractivity contribution < 1.29 is 18.7 Å². The van der Waals surface area contributed by atoms with E-state index in [1.54, 1.807) is 25.1 Å². The van der Waals surface area contributed by atoms with E-state index in [2.05, 4.69) is 0 Å². The lowest BCUT2D eigenvalue weighted by molar-refractivity contribution is -0.141. The number of hydrogen-bond acceptors (Lipinski definition) is 4. The summed E-state index contributed by atoms with van der Waals surface area (Å²) in [5, 5.41) is 1.18. The highest BCUT2D eigenvalue weighted by molar-refractivity contribution is 6.35. The molecule has 0 aliphatic heterocycles. The molecule has 0 N–H and O–H groups in total. The number of Topliss-reactive ketones (excluding diaryl/α,β-unsaturated/α-hetero) is 1. The fraction of sp³-hybridized carbons (Fsp3) is 0.267. The maximum absolute atomic E-state index is 12.3. The monoisotopic (exact) mass is 291 g/mol. The van der Waals surface area contributed by atoms with Crippen LogP contribution in [0.3, 0.4) is 0 Å². The van der Waals surface area contributed by atoms with Crippen molar-refractivity contribution in [3.05, 3.63) is 41.7 Å². The van der Waals surface area contributed by atoms with Crippen LogP contribution in [0.15, 0.2) is 28.9 Å².